The summed E-state index contributed by atoms with van der Waals surface area (Å²) in [6.45, 7) is 5.71. The summed E-state index contributed by atoms with van der Waals surface area (Å²) < 4.78 is 0. The van der Waals surface area contributed by atoms with Gasteiger partial charge in [-0.1, -0.05) is 34.1 Å². The minimum absolute atomic E-state index is 0.0782. The third-order valence-electron chi connectivity index (χ3n) is 6.36. The maximum atomic E-state index is 12.9. The Bertz CT molecular complexity index is 997. The van der Waals surface area contributed by atoms with Gasteiger partial charge in [0.2, 0.25) is 35.4 Å². The van der Waals surface area contributed by atoms with Crippen LogP contribution in [0.15, 0.2) is 0 Å². The number of rotatable bonds is 19. The number of carboxylic acids is 1. The molecule has 0 aliphatic rings. The molecule has 0 heterocycles. The summed E-state index contributed by atoms with van der Waals surface area (Å²) in [6, 6.07) is -6.36. The normalized spacial score (nSPS) is 15.9. The van der Waals surface area contributed by atoms with Gasteiger partial charge in [-0.15, -0.1) is 0 Å². The first-order valence-corrected chi connectivity index (χ1v) is 14.3. The van der Waals surface area contributed by atoms with Gasteiger partial charge in [0.05, 0.1) is 25.3 Å². The van der Waals surface area contributed by atoms with Gasteiger partial charge in [0.15, 0.2) is 0 Å². The van der Waals surface area contributed by atoms with Crippen molar-refractivity contribution in [3.63, 3.8) is 0 Å². The van der Waals surface area contributed by atoms with Crippen LogP contribution in [0.25, 0.3) is 0 Å². The lowest BCUT2D eigenvalue weighted by Gasteiger charge is -2.26. The van der Waals surface area contributed by atoms with Crippen molar-refractivity contribution in [1.29, 1.82) is 0 Å². The van der Waals surface area contributed by atoms with Crippen LogP contribution < -0.4 is 37.6 Å². The third-order valence-corrected chi connectivity index (χ3v) is 6.72. The molecule has 0 aliphatic heterocycles. The van der Waals surface area contributed by atoms with Crippen molar-refractivity contribution in [3.8, 4) is 0 Å². The van der Waals surface area contributed by atoms with Gasteiger partial charge < -0.3 is 53.0 Å². The summed E-state index contributed by atoms with van der Waals surface area (Å²) in [4.78, 5) is 85.8. The molecule has 0 radical (unpaired) electrons. The summed E-state index contributed by atoms with van der Waals surface area (Å²) in [6.07, 6.45) is -0.813. The molecule has 18 heteroatoms. The van der Waals surface area contributed by atoms with Crippen LogP contribution in [0.4, 0.5) is 0 Å². The van der Waals surface area contributed by atoms with Crippen LogP contribution >= 0.6 is 12.6 Å². The quantitative estimate of drug-likeness (QED) is 0.0603. The van der Waals surface area contributed by atoms with Gasteiger partial charge in [-0.25, -0.2) is 0 Å². The van der Waals surface area contributed by atoms with Crippen molar-refractivity contribution in [3.05, 3.63) is 0 Å². The Morgan fingerprint density at radius 2 is 1.30 bits per heavy atom. The van der Waals surface area contributed by atoms with Crippen LogP contribution in [0.5, 0.6) is 0 Å². The van der Waals surface area contributed by atoms with Crippen LogP contribution in [0.2, 0.25) is 0 Å². The third kappa shape index (κ3) is 14.0. The number of nitrogens with one attached hydrogen (secondary N) is 6. The standard InChI is InChI=1S/C25H45N7O10S/c1-6-12(4)18(26)23(40)30-15(10-43)21(38)27-7-16(35)31-19(11(2)3)25(42)29-14(9-33)22(39)32-20(13(5)34)24(41)28-8-17(36)37/h11-15,18-20,33-34,43H,6-10,26H2,1-5H3,(H,27,38)(H,28,41)(H,29,42)(H,30,40)(H,31,35)(H,32,39)(H,36,37)/t12-,13+,14-,15-,18-,19-,20-/m0/s1. The Morgan fingerprint density at radius 1 is 0.744 bits per heavy atom. The fourth-order valence-electron chi connectivity index (χ4n) is 3.41. The summed E-state index contributed by atoms with van der Waals surface area (Å²) in [5.74, 6) is -7.10. The Balaban J connectivity index is 5.24. The molecule has 0 unspecified atom stereocenters. The molecule has 17 nitrogen and oxygen atoms in total. The highest BCUT2D eigenvalue weighted by molar-refractivity contribution is 7.80. The van der Waals surface area contributed by atoms with E-state index in [1.807, 2.05) is 12.2 Å². The molecule has 246 valence electrons. The largest absolute Gasteiger partial charge is 0.480 e. The summed E-state index contributed by atoms with van der Waals surface area (Å²) in [5, 5.41) is 41.9. The number of thiol groups is 1. The van der Waals surface area contributed by atoms with E-state index in [2.05, 4.69) is 39.2 Å². The van der Waals surface area contributed by atoms with Crippen molar-refractivity contribution in [2.75, 3.05) is 25.4 Å². The Hall–Kier alpha value is -3.48. The number of aliphatic carboxylic acids is 1. The topological polar surface area (TPSA) is 278 Å². The lowest BCUT2D eigenvalue weighted by atomic mass is 9.99. The van der Waals surface area contributed by atoms with Crippen LogP contribution in [-0.4, -0.2) is 118 Å². The van der Waals surface area contributed by atoms with E-state index < -0.39 is 103 Å². The lowest BCUT2D eigenvalue weighted by molar-refractivity contribution is -0.139. The molecule has 11 N–H and O–H groups in total. The predicted molar refractivity (Wildman–Crippen MR) is 156 cm³/mol. The van der Waals surface area contributed by atoms with Gasteiger partial charge >= 0.3 is 5.97 Å². The SMILES string of the molecule is CC[C@H](C)[C@H](N)C(=O)N[C@@H](CS)C(=O)NCC(=O)N[C@H](C(=O)N[C@@H](CO)C(=O)N[C@H](C(=O)NCC(=O)O)[C@@H](C)O)C(C)C. The average molecular weight is 636 g/mol. The number of aliphatic hydroxyl groups excluding tert-OH is 2. The highest BCUT2D eigenvalue weighted by atomic mass is 32.1. The number of amides is 6. The fraction of sp³-hybridized carbons (Fsp3) is 0.720. The smallest absolute Gasteiger partial charge is 0.322 e. The van der Waals surface area contributed by atoms with Crippen molar-refractivity contribution < 1.29 is 48.9 Å². The van der Waals surface area contributed by atoms with Gasteiger partial charge in [-0.3, -0.25) is 33.6 Å². The van der Waals surface area contributed by atoms with Gasteiger partial charge in [-0.05, 0) is 18.8 Å². The second-order valence-electron chi connectivity index (χ2n) is 10.2. The zero-order chi connectivity index (χ0) is 33.4. The second kappa shape index (κ2) is 19.7. The molecule has 0 saturated carbocycles. The van der Waals surface area contributed by atoms with Crippen LogP contribution in [-0.2, 0) is 33.6 Å². The highest BCUT2D eigenvalue weighted by Crippen LogP contribution is 2.06. The molecule has 43 heavy (non-hydrogen) atoms. The first-order valence-electron chi connectivity index (χ1n) is 13.6. The van der Waals surface area contributed by atoms with E-state index >= 15 is 0 Å². The molecular formula is C25H45N7O10S. The zero-order valence-corrected chi connectivity index (χ0v) is 25.8. The van der Waals surface area contributed by atoms with E-state index in [0.29, 0.717) is 6.42 Å². The zero-order valence-electron chi connectivity index (χ0n) is 24.9. The molecule has 0 aromatic heterocycles. The number of carbonyl (C=O) groups excluding carboxylic acids is 6. The minimum Gasteiger partial charge on any atom is -0.480 e. The van der Waals surface area contributed by atoms with E-state index in [1.165, 1.54) is 0 Å². The van der Waals surface area contributed by atoms with E-state index in [9.17, 15) is 43.8 Å². The predicted octanol–water partition coefficient (Wildman–Crippen LogP) is -4.43. The Labute approximate surface area is 255 Å². The number of carbonyl (C=O) groups is 7. The van der Waals surface area contributed by atoms with Crippen molar-refractivity contribution in [2.24, 2.45) is 17.6 Å². The highest BCUT2D eigenvalue weighted by Gasteiger charge is 2.32. The molecule has 7 atom stereocenters. The number of carboxylic acid groups (broad SMARTS) is 1. The van der Waals surface area contributed by atoms with Crippen LogP contribution in [0.1, 0.15) is 41.0 Å². The van der Waals surface area contributed by atoms with E-state index in [1.54, 1.807) is 20.8 Å². The maximum absolute atomic E-state index is 12.9. The van der Waals surface area contributed by atoms with Gasteiger partial charge in [0.25, 0.3) is 0 Å². The number of aliphatic hydroxyl groups is 2. The molecule has 0 aromatic rings. The van der Waals surface area contributed by atoms with Crippen molar-refractivity contribution in [1.82, 2.24) is 31.9 Å². The Kier molecular flexibility index (Phi) is 18.1. The van der Waals surface area contributed by atoms with Crippen molar-refractivity contribution >= 4 is 54.0 Å². The first kappa shape index (κ1) is 39.5. The second-order valence-corrected chi connectivity index (χ2v) is 10.6. The molecule has 0 fully saturated rings. The average Bonchev–Trinajstić information content (AvgIpc) is 2.95. The molecule has 0 rings (SSSR count). The van der Waals surface area contributed by atoms with Crippen LogP contribution in [0.3, 0.4) is 0 Å². The summed E-state index contributed by atoms with van der Waals surface area (Å²) >= 11 is 4.06. The van der Waals surface area contributed by atoms with E-state index in [-0.39, 0.29) is 11.7 Å². The first-order chi connectivity index (χ1) is 20.0. The summed E-state index contributed by atoms with van der Waals surface area (Å²) in [7, 11) is 0. The summed E-state index contributed by atoms with van der Waals surface area (Å²) in [5.41, 5.74) is 5.88. The number of hydrogen-bond acceptors (Lipinski definition) is 11. The molecule has 0 bridgehead atoms. The van der Waals surface area contributed by atoms with Gasteiger partial charge in [0, 0.05) is 5.75 Å². The van der Waals surface area contributed by atoms with E-state index in [4.69, 9.17) is 10.8 Å². The minimum atomic E-state index is -1.61. The number of nitrogens with two attached hydrogens (primary N) is 1. The molecular weight excluding hydrogens is 590 g/mol. The molecule has 0 saturated heterocycles. The van der Waals surface area contributed by atoms with Crippen molar-refractivity contribution in [2.45, 2.75) is 77.4 Å². The van der Waals surface area contributed by atoms with Crippen LogP contribution in [0, 0.1) is 11.8 Å². The molecule has 6 amide bonds. The van der Waals surface area contributed by atoms with E-state index in [0.717, 1.165) is 6.92 Å². The van der Waals surface area contributed by atoms with Gasteiger partial charge in [0.1, 0.15) is 30.7 Å². The molecule has 0 spiro atoms. The van der Waals surface area contributed by atoms with Gasteiger partial charge in [-0.2, -0.15) is 12.6 Å². The molecule has 0 aliphatic carbocycles. The molecule has 0 aromatic carbocycles. The fourth-order valence-corrected chi connectivity index (χ4v) is 3.67. The monoisotopic (exact) mass is 635 g/mol. The lowest BCUT2D eigenvalue weighted by Crippen LogP contribution is -2.61. The Morgan fingerprint density at radius 3 is 1.77 bits per heavy atom. The number of hydrogen-bond donors (Lipinski definition) is 11. The maximum Gasteiger partial charge on any atom is 0.322 e.